The molecule has 110 valence electrons. The molecule has 0 radical (unpaired) electrons. The number of hydrogen-bond acceptors (Lipinski definition) is 2. The fourth-order valence-electron chi connectivity index (χ4n) is 2.73. The zero-order chi connectivity index (χ0) is 15.0. The largest absolute Gasteiger partial charge is 0.322 e. The number of aromatic nitrogens is 4. The Bertz CT molecular complexity index is 743. The van der Waals surface area contributed by atoms with E-state index in [1.807, 2.05) is 23.9 Å². The first kappa shape index (κ1) is 14.1. The van der Waals surface area contributed by atoms with Gasteiger partial charge in [-0.2, -0.15) is 5.10 Å². The van der Waals surface area contributed by atoms with Crippen molar-refractivity contribution in [2.45, 2.75) is 38.7 Å². The molecule has 0 spiro atoms. The van der Waals surface area contributed by atoms with Gasteiger partial charge in [-0.3, -0.25) is 4.68 Å². The molecule has 0 fully saturated rings. The van der Waals surface area contributed by atoms with Crippen molar-refractivity contribution in [1.29, 1.82) is 0 Å². The highest BCUT2D eigenvalue weighted by Crippen LogP contribution is 2.29. The van der Waals surface area contributed by atoms with Gasteiger partial charge in [-0.1, -0.05) is 6.07 Å². The lowest BCUT2D eigenvalue weighted by molar-refractivity contribution is 0.434. The molecule has 0 aliphatic carbocycles. The smallest absolute Gasteiger partial charge is 0.128 e. The Kier molecular flexibility index (Phi) is 3.72. The molecular weight excluding hydrogens is 284 g/mol. The normalized spacial score (nSPS) is 14.5. The SMILES string of the molecule is Cc1ccc2nc(C(C)Cl)n(C(C)Cn3cccn3)c2c1. The van der Waals surface area contributed by atoms with Crippen LogP contribution in [-0.2, 0) is 6.54 Å². The van der Waals surface area contributed by atoms with Crippen LogP contribution in [0.2, 0.25) is 0 Å². The number of imidazole rings is 1. The maximum absolute atomic E-state index is 6.34. The standard InChI is InChI=1S/C16H19ClN4/c1-11-5-6-14-15(9-11)21(16(19-14)13(3)17)12(2)10-20-8-4-7-18-20/h4-9,12-13H,10H2,1-3H3. The van der Waals surface area contributed by atoms with Crippen LogP contribution < -0.4 is 0 Å². The van der Waals surface area contributed by atoms with Crippen molar-refractivity contribution in [2.24, 2.45) is 0 Å². The van der Waals surface area contributed by atoms with Crippen LogP contribution in [0.15, 0.2) is 36.7 Å². The summed E-state index contributed by atoms with van der Waals surface area (Å²) in [6, 6.07) is 8.48. The monoisotopic (exact) mass is 302 g/mol. The molecule has 0 amide bonds. The van der Waals surface area contributed by atoms with Gasteiger partial charge < -0.3 is 4.57 Å². The summed E-state index contributed by atoms with van der Waals surface area (Å²) in [5.74, 6) is 0.914. The van der Waals surface area contributed by atoms with Crippen LogP contribution in [0.5, 0.6) is 0 Å². The molecule has 2 heterocycles. The summed E-state index contributed by atoms with van der Waals surface area (Å²) in [5.41, 5.74) is 3.36. The highest BCUT2D eigenvalue weighted by molar-refractivity contribution is 6.20. The van der Waals surface area contributed by atoms with Crippen LogP contribution in [0.25, 0.3) is 11.0 Å². The summed E-state index contributed by atoms with van der Waals surface area (Å²) in [7, 11) is 0. The van der Waals surface area contributed by atoms with Gasteiger partial charge in [0.15, 0.2) is 0 Å². The van der Waals surface area contributed by atoms with Crippen LogP contribution in [0.1, 0.15) is 36.7 Å². The van der Waals surface area contributed by atoms with E-state index >= 15 is 0 Å². The topological polar surface area (TPSA) is 35.6 Å². The minimum atomic E-state index is -0.127. The Morgan fingerprint density at radius 1 is 1.29 bits per heavy atom. The molecular formula is C16H19ClN4. The van der Waals surface area contributed by atoms with Crippen LogP contribution in [0.3, 0.4) is 0 Å². The lowest BCUT2D eigenvalue weighted by Crippen LogP contribution is -2.16. The van der Waals surface area contributed by atoms with E-state index in [-0.39, 0.29) is 11.4 Å². The molecule has 0 saturated carbocycles. The molecule has 1 aromatic carbocycles. The second-order valence-electron chi connectivity index (χ2n) is 5.53. The molecule has 2 atom stereocenters. The van der Waals surface area contributed by atoms with Gasteiger partial charge in [0, 0.05) is 12.4 Å². The Labute approximate surface area is 129 Å². The molecule has 2 unspecified atom stereocenters. The summed E-state index contributed by atoms with van der Waals surface area (Å²) >= 11 is 6.34. The maximum Gasteiger partial charge on any atom is 0.128 e. The van der Waals surface area contributed by atoms with Crippen LogP contribution >= 0.6 is 11.6 Å². The molecule has 5 heteroatoms. The average Bonchev–Trinajstić information content (AvgIpc) is 3.04. The predicted molar refractivity (Wildman–Crippen MR) is 85.7 cm³/mol. The van der Waals surface area contributed by atoms with E-state index < -0.39 is 0 Å². The second-order valence-corrected chi connectivity index (χ2v) is 6.18. The quantitative estimate of drug-likeness (QED) is 0.680. The van der Waals surface area contributed by atoms with Crippen molar-refractivity contribution in [2.75, 3.05) is 0 Å². The van der Waals surface area contributed by atoms with Gasteiger partial charge in [-0.15, -0.1) is 11.6 Å². The van der Waals surface area contributed by atoms with E-state index in [2.05, 4.69) is 41.7 Å². The summed E-state index contributed by atoms with van der Waals surface area (Å²) in [4.78, 5) is 4.70. The van der Waals surface area contributed by atoms with E-state index in [4.69, 9.17) is 16.6 Å². The molecule has 3 aromatic rings. The van der Waals surface area contributed by atoms with Gasteiger partial charge in [-0.25, -0.2) is 4.98 Å². The van der Waals surface area contributed by atoms with Gasteiger partial charge >= 0.3 is 0 Å². The summed E-state index contributed by atoms with van der Waals surface area (Å²) in [5, 5.41) is 4.16. The molecule has 2 aromatic heterocycles. The summed E-state index contributed by atoms with van der Waals surface area (Å²) in [6.45, 7) is 7.03. The summed E-state index contributed by atoms with van der Waals surface area (Å²) in [6.07, 6.45) is 3.78. The number of hydrogen-bond donors (Lipinski definition) is 0. The van der Waals surface area contributed by atoms with Gasteiger partial charge in [-0.05, 0) is 44.5 Å². The molecule has 0 bridgehead atoms. The van der Waals surface area contributed by atoms with Gasteiger partial charge in [0.1, 0.15) is 5.82 Å². The fraction of sp³-hybridized carbons (Fsp3) is 0.375. The lowest BCUT2D eigenvalue weighted by atomic mass is 10.2. The number of alkyl halides is 1. The van der Waals surface area contributed by atoms with Crippen LogP contribution in [0, 0.1) is 6.92 Å². The zero-order valence-electron chi connectivity index (χ0n) is 12.5. The van der Waals surface area contributed by atoms with E-state index in [0.29, 0.717) is 0 Å². The number of aryl methyl sites for hydroxylation is 1. The van der Waals surface area contributed by atoms with E-state index in [1.54, 1.807) is 6.20 Å². The van der Waals surface area contributed by atoms with Crippen LogP contribution in [0.4, 0.5) is 0 Å². The molecule has 21 heavy (non-hydrogen) atoms. The Morgan fingerprint density at radius 2 is 2.10 bits per heavy atom. The fourth-order valence-corrected chi connectivity index (χ4v) is 2.88. The first-order chi connectivity index (χ1) is 10.1. The van der Waals surface area contributed by atoms with Crippen molar-refractivity contribution in [1.82, 2.24) is 19.3 Å². The number of nitrogens with zero attached hydrogens (tertiary/aromatic N) is 4. The van der Waals surface area contributed by atoms with E-state index in [0.717, 1.165) is 23.4 Å². The van der Waals surface area contributed by atoms with Crippen LogP contribution in [-0.4, -0.2) is 19.3 Å². The first-order valence-electron chi connectivity index (χ1n) is 7.16. The second kappa shape index (κ2) is 5.53. The van der Waals surface area contributed by atoms with Gasteiger partial charge in [0.25, 0.3) is 0 Å². The van der Waals surface area contributed by atoms with Crippen molar-refractivity contribution in [3.63, 3.8) is 0 Å². The number of halogens is 1. The molecule has 0 N–H and O–H groups in total. The molecule has 3 rings (SSSR count). The molecule has 0 aliphatic heterocycles. The third-order valence-corrected chi connectivity index (χ3v) is 3.87. The van der Waals surface area contributed by atoms with Crippen molar-refractivity contribution < 1.29 is 0 Å². The van der Waals surface area contributed by atoms with Crippen molar-refractivity contribution in [3.05, 3.63) is 48.0 Å². The molecule has 0 aliphatic rings. The maximum atomic E-state index is 6.34. The third-order valence-electron chi connectivity index (χ3n) is 3.68. The number of fused-ring (bicyclic) bond motifs is 1. The molecule has 4 nitrogen and oxygen atoms in total. The Morgan fingerprint density at radius 3 is 2.76 bits per heavy atom. The Hall–Kier alpha value is -1.81. The van der Waals surface area contributed by atoms with Gasteiger partial charge in [0.05, 0.1) is 29.0 Å². The first-order valence-corrected chi connectivity index (χ1v) is 7.60. The number of benzene rings is 1. The predicted octanol–water partition coefficient (Wildman–Crippen LogP) is 4.10. The number of rotatable bonds is 4. The van der Waals surface area contributed by atoms with E-state index in [9.17, 15) is 0 Å². The van der Waals surface area contributed by atoms with Crippen molar-refractivity contribution >= 4 is 22.6 Å². The lowest BCUT2D eigenvalue weighted by Gasteiger charge is -2.19. The van der Waals surface area contributed by atoms with Crippen molar-refractivity contribution in [3.8, 4) is 0 Å². The third kappa shape index (κ3) is 2.68. The zero-order valence-corrected chi connectivity index (χ0v) is 13.2. The van der Waals surface area contributed by atoms with E-state index in [1.165, 1.54) is 5.56 Å². The Balaban J connectivity index is 2.09. The summed E-state index contributed by atoms with van der Waals surface area (Å²) < 4.78 is 4.18. The minimum absolute atomic E-state index is 0.127. The van der Waals surface area contributed by atoms with Gasteiger partial charge in [0.2, 0.25) is 0 Å². The minimum Gasteiger partial charge on any atom is -0.322 e. The average molecular weight is 303 g/mol. The molecule has 0 saturated heterocycles. The highest BCUT2D eigenvalue weighted by Gasteiger charge is 2.19. The highest BCUT2D eigenvalue weighted by atomic mass is 35.5.